The zero-order chi connectivity index (χ0) is 16.9. The van der Waals surface area contributed by atoms with Gasteiger partial charge in [-0.25, -0.2) is 4.79 Å². The first-order valence-electron chi connectivity index (χ1n) is 7.71. The molecule has 0 aromatic heterocycles. The molecular formula is C15H27N3O4. The van der Waals surface area contributed by atoms with Crippen LogP contribution in [0, 0.1) is 0 Å². The van der Waals surface area contributed by atoms with Crippen molar-refractivity contribution in [1.82, 2.24) is 15.1 Å². The standard InChI is InChI=1S/C15H27N3O4/c1-10(2)22-14(20)7-6-11(3)16-15(21)18-8-12(4)17(5)13(19)9-18/h10-12H,6-9H2,1-5H3,(H,16,21). The largest absolute Gasteiger partial charge is 0.463 e. The summed E-state index contributed by atoms with van der Waals surface area (Å²) in [7, 11) is 1.74. The van der Waals surface area contributed by atoms with E-state index in [4.69, 9.17) is 4.74 Å². The van der Waals surface area contributed by atoms with Gasteiger partial charge in [0.05, 0.1) is 6.10 Å². The lowest BCUT2D eigenvalue weighted by molar-refractivity contribution is -0.147. The highest BCUT2D eigenvalue weighted by molar-refractivity contribution is 5.85. The molecule has 22 heavy (non-hydrogen) atoms. The maximum atomic E-state index is 12.2. The van der Waals surface area contributed by atoms with Gasteiger partial charge in [0.25, 0.3) is 0 Å². The summed E-state index contributed by atoms with van der Waals surface area (Å²) in [4.78, 5) is 38.6. The lowest BCUT2D eigenvalue weighted by atomic mass is 10.2. The minimum atomic E-state index is -0.266. The van der Waals surface area contributed by atoms with Crippen molar-refractivity contribution in [1.29, 1.82) is 0 Å². The smallest absolute Gasteiger partial charge is 0.318 e. The van der Waals surface area contributed by atoms with Gasteiger partial charge in [-0.1, -0.05) is 0 Å². The number of ether oxygens (including phenoxy) is 1. The molecule has 1 N–H and O–H groups in total. The molecular weight excluding hydrogens is 286 g/mol. The second-order valence-corrected chi connectivity index (χ2v) is 6.16. The van der Waals surface area contributed by atoms with Crippen LogP contribution in [0.1, 0.15) is 40.5 Å². The molecule has 2 atom stereocenters. The quantitative estimate of drug-likeness (QED) is 0.767. The third kappa shape index (κ3) is 5.54. The minimum absolute atomic E-state index is 0.00308. The van der Waals surface area contributed by atoms with E-state index in [0.29, 0.717) is 13.0 Å². The number of urea groups is 1. The summed E-state index contributed by atoms with van der Waals surface area (Å²) < 4.78 is 5.05. The van der Waals surface area contributed by atoms with Crippen molar-refractivity contribution in [3.05, 3.63) is 0 Å². The predicted octanol–water partition coefficient (Wildman–Crippen LogP) is 0.979. The molecule has 0 aromatic rings. The predicted molar refractivity (Wildman–Crippen MR) is 82.3 cm³/mol. The van der Waals surface area contributed by atoms with Gasteiger partial charge in [0.15, 0.2) is 0 Å². The molecule has 0 spiro atoms. The Labute approximate surface area is 132 Å². The zero-order valence-electron chi connectivity index (χ0n) is 14.1. The minimum Gasteiger partial charge on any atom is -0.463 e. The van der Waals surface area contributed by atoms with Crippen LogP contribution in [0.15, 0.2) is 0 Å². The third-order valence-corrected chi connectivity index (χ3v) is 3.67. The summed E-state index contributed by atoms with van der Waals surface area (Å²) in [6.07, 6.45) is 0.641. The monoisotopic (exact) mass is 313 g/mol. The summed E-state index contributed by atoms with van der Waals surface area (Å²) >= 11 is 0. The number of rotatable bonds is 5. The summed E-state index contributed by atoms with van der Waals surface area (Å²) in [6, 6.07) is -0.418. The fourth-order valence-electron chi connectivity index (χ4n) is 2.21. The number of amides is 3. The van der Waals surface area contributed by atoms with Crippen LogP contribution in [0.5, 0.6) is 0 Å². The fraction of sp³-hybridized carbons (Fsp3) is 0.800. The zero-order valence-corrected chi connectivity index (χ0v) is 14.1. The number of carbonyl (C=O) groups is 3. The van der Waals surface area contributed by atoms with Crippen LogP contribution in [0.4, 0.5) is 4.79 Å². The van der Waals surface area contributed by atoms with Gasteiger partial charge in [-0.3, -0.25) is 9.59 Å². The fourth-order valence-corrected chi connectivity index (χ4v) is 2.21. The van der Waals surface area contributed by atoms with E-state index in [9.17, 15) is 14.4 Å². The maximum Gasteiger partial charge on any atom is 0.318 e. The first-order valence-corrected chi connectivity index (χ1v) is 7.71. The highest BCUT2D eigenvalue weighted by Gasteiger charge is 2.30. The van der Waals surface area contributed by atoms with E-state index >= 15 is 0 Å². The lowest BCUT2D eigenvalue weighted by Gasteiger charge is -2.37. The Morgan fingerprint density at radius 3 is 2.55 bits per heavy atom. The lowest BCUT2D eigenvalue weighted by Crippen LogP contribution is -2.58. The maximum absolute atomic E-state index is 12.2. The van der Waals surface area contributed by atoms with E-state index in [1.54, 1.807) is 25.8 Å². The summed E-state index contributed by atoms with van der Waals surface area (Å²) in [5, 5.41) is 2.82. The van der Waals surface area contributed by atoms with E-state index in [1.807, 2.05) is 13.8 Å². The van der Waals surface area contributed by atoms with E-state index in [0.717, 1.165) is 0 Å². The number of likely N-dealkylation sites (N-methyl/N-ethyl adjacent to an activating group) is 1. The SMILES string of the molecule is CC(CCC(=O)OC(C)C)NC(=O)N1CC(=O)N(C)C(C)C1. The van der Waals surface area contributed by atoms with Crippen molar-refractivity contribution in [2.24, 2.45) is 0 Å². The summed E-state index contributed by atoms with van der Waals surface area (Å²) in [6.45, 7) is 7.94. The Morgan fingerprint density at radius 2 is 2.00 bits per heavy atom. The van der Waals surface area contributed by atoms with Gasteiger partial charge >= 0.3 is 12.0 Å². The normalized spacial score (nSPS) is 20.1. The van der Waals surface area contributed by atoms with Gasteiger partial charge in [-0.15, -0.1) is 0 Å². The Hall–Kier alpha value is -1.79. The molecule has 1 rings (SSSR count). The van der Waals surface area contributed by atoms with Crippen LogP contribution in [0.2, 0.25) is 0 Å². The molecule has 0 bridgehead atoms. The molecule has 7 nitrogen and oxygen atoms in total. The van der Waals surface area contributed by atoms with Crippen molar-refractivity contribution < 1.29 is 19.1 Å². The number of hydrogen-bond donors (Lipinski definition) is 1. The first-order chi connectivity index (χ1) is 10.2. The Kier molecular flexibility index (Phi) is 6.64. The molecule has 1 heterocycles. The van der Waals surface area contributed by atoms with Gasteiger partial charge < -0.3 is 19.9 Å². The topological polar surface area (TPSA) is 79.0 Å². The van der Waals surface area contributed by atoms with Gasteiger partial charge in [-0.05, 0) is 34.1 Å². The second-order valence-electron chi connectivity index (χ2n) is 6.16. The number of nitrogens with zero attached hydrogens (tertiary/aromatic N) is 2. The average Bonchev–Trinajstić information content (AvgIpc) is 2.41. The molecule has 0 saturated carbocycles. The molecule has 1 aliphatic rings. The van der Waals surface area contributed by atoms with Crippen LogP contribution >= 0.6 is 0 Å². The van der Waals surface area contributed by atoms with Gasteiger partial charge in [0.1, 0.15) is 6.54 Å². The number of esters is 1. The Balaban J connectivity index is 2.38. The van der Waals surface area contributed by atoms with Crippen LogP contribution in [0.3, 0.4) is 0 Å². The molecule has 7 heteroatoms. The van der Waals surface area contributed by atoms with Gasteiger partial charge in [0.2, 0.25) is 5.91 Å². The van der Waals surface area contributed by atoms with Crippen LogP contribution in [0.25, 0.3) is 0 Å². The number of carbonyl (C=O) groups excluding carboxylic acids is 3. The highest BCUT2D eigenvalue weighted by atomic mass is 16.5. The Bertz CT molecular complexity index is 425. The van der Waals surface area contributed by atoms with E-state index in [-0.39, 0.29) is 49.1 Å². The van der Waals surface area contributed by atoms with Gasteiger partial charge in [-0.2, -0.15) is 0 Å². The van der Waals surface area contributed by atoms with E-state index in [2.05, 4.69) is 5.32 Å². The number of nitrogens with one attached hydrogen (secondary N) is 1. The molecule has 126 valence electrons. The molecule has 0 aromatic carbocycles. The molecule has 1 aliphatic heterocycles. The molecule has 0 radical (unpaired) electrons. The van der Waals surface area contributed by atoms with E-state index in [1.165, 1.54) is 4.90 Å². The summed E-state index contributed by atoms with van der Waals surface area (Å²) in [5.41, 5.74) is 0. The average molecular weight is 313 g/mol. The molecule has 1 fully saturated rings. The molecule has 1 saturated heterocycles. The van der Waals surface area contributed by atoms with Crippen molar-refractivity contribution in [3.63, 3.8) is 0 Å². The number of hydrogen-bond acceptors (Lipinski definition) is 4. The molecule has 3 amide bonds. The van der Waals surface area contributed by atoms with Gasteiger partial charge in [0, 0.05) is 32.1 Å². The van der Waals surface area contributed by atoms with Crippen molar-refractivity contribution in [2.75, 3.05) is 20.1 Å². The first kappa shape index (κ1) is 18.3. The van der Waals surface area contributed by atoms with Crippen molar-refractivity contribution in [3.8, 4) is 0 Å². The molecule has 2 unspecified atom stereocenters. The van der Waals surface area contributed by atoms with E-state index < -0.39 is 0 Å². The van der Waals surface area contributed by atoms with Crippen LogP contribution < -0.4 is 5.32 Å². The van der Waals surface area contributed by atoms with Crippen molar-refractivity contribution in [2.45, 2.75) is 58.7 Å². The number of piperazine rings is 1. The third-order valence-electron chi connectivity index (χ3n) is 3.67. The van der Waals surface area contributed by atoms with Crippen LogP contribution in [-0.4, -0.2) is 66.0 Å². The Morgan fingerprint density at radius 1 is 1.36 bits per heavy atom. The van der Waals surface area contributed by atoms with Crippen molar-refractivity contribution >= 4 is 17.9 Å². The second kappa shape index (κ2) is 8.00. The molecule has 0 aliphatic carbocycles. The highest BCUT2D eigenvalue weighted by Crippen LogP contribution is 2.09. The summed E-state index contributed by atoms with van der Waals surface area (Å²) in [5.74, 6) is -0.332. The van der Waals surface area contributed by atoms with Crippen LogP contribution in [-0.2, 0) is 14.3 Å².